The maximum atomic E-state index is 12.0. The third kappa shape index (κ3) is 7.70. The van der Waals surface area contributed by atoms with Crippen LogP contribution < -0.4 is 14.8 Å². The van der Waals surface area contributed by atoms with Gasteiger partial charge in [0.15, 0.2) is 0 Å². The van der Waals surface area contributed by atoms with Crippen molar-refractivity contribution in [2.24, 2.45) is 0 Å². The summed E-state index contributed by atoms with van der Waals surface area (Å²) in [6.07, 6.45) is 1.06. The molecule has 0 aliphatic carbocycles. The van der Waals surface area contributed by atoms with E-state index in [0.717, 1.165) is 12.2 Å². The van der Waals surface area contributed by atoms with Crippen LogP contribution in [0.15, 0.2) is 54.6 Å². The fourth-order valence-electron chi connectivity index (χ4n) is 2.42. The molecule has 0 radical (unpaired) electrons. The SMILES string of the molecule is CCCOc1ccc(OCCOC(=O)CC(C)NC(=O)c2ccccc2)cc1. The van der Waals surface area contributed by atoms with Gasteiger partial charge < -0.3 is 19.5 Å². The molecule has 0 aliphatic heterocycles. The molecule has 28 heavy (non-hydrogen) atoms. The number of carbonyl (C=O) groups excluding carboxylic acids is 2. The Labute approximate surface area is 165 Å². The van der Waals surface area contributed by atoms with Gasteiger partial charge in [-0.2, -0.15) is 0 Å². The van der Waals surface area contributed by atoms with Crippen molar-refractivity contribution in [2.45, 2.75) is 32.7 Å². The molecule has 0 bridgehead atoms. The zero-order valence-corrected chi connectivity index (χ0v) is 16.4. The Kier molecular flexibility index (Phi) is 8.85. The molecule has 0 saturated heterocycles. The normalized spacial score (nSPS) is 11.4. The number of rotatable bonds is 11. The van der Waals surface area contributed by atoms with Crippen LogP contribution in [0.3, 0.4) is 0 Å². The van der Waals surface area contributed by atoms with Gasteiger partial charge in [-0.05, 0) is 49.7 Å². The molecule has 2 aromatic carbocycles. The molecule has 1 unspecified atom stereocenters. The van der Waals surface area contributed by atoms with Crippen molar-refractivity contribution in [1.29, 1.82) is 0 Å². The van der Waals surface area contributed by atoms with E-state index in [9.17, 15) is 9.59 Å². The van der Waals surface area contributed by atoms with Gasteiger partial charge in [0.2, 0.25) is 0 Å². The topological polar surface area (TPSA) is 73.9 Å². The number of amides is 1. The highest BCUT2D eigenvalue weighted by Gasteiger charge is 2.14. The van der Waals surface area contributed by atoms with E-state index in [2.05, 4.69) is 12.2 Å². The van der Waals surface area contributed by atoms with Crippen molar-refractivity contribution in [1.82, 2.24) is 5.32 Å². The number of hydrogen-bond acceptors (Lipinski definition) is 5. The molecule has 150 valence electrons. The molecule has 0 saturated carbocycles. The minimum atomic E-state index is -0.382. The Bertz CT molecular complexity index is 730. The van der Waals surface area contributed by atoms with Gasteiger partial charge >= 0.3 is 5.97 Å². The summed E-state index contributed by atoms with van der Waals surface area (Å²) >= 11 is 0. The summed E-state index contributed by atoms with van der Waals surface area (Å²) < 4.78 is 16.2. The molecule has 1 N–H and O–H groups in total. The highest BCUT2D eigenvalue weighted by Crippen LogP contribution is 2.17. The molecular formula is C22H27NO5. The third-order valence-corrected chi connectivity index (χ3v) is 3.80. The van der Waals surface area contributed by atoms with Crippen LogP contribution in [-0.2, 0) is 9.53 Å². The van der Waals surface area contributed by atoms with Crippen LogP contribution in [0.1, 0.15) is 37.0 Å². The summed E-state index contributed by atoms with van der Waals surface area (Å²) in [5.41, 5.74) is 0.558. The summed E-state index contributed by atoms with van der Waals surface area (Å²) in [6.45, 7) is 4.90. The first-order valence-electron chi connectivity index (χ1n) is 9.45. The van der Waals surface area contributed by atoms with Crippen LogP contribution in [0, 0.1) is 0 Å². The zero-order chi connectivity index (χ0) is 20.2. The van der Waals surface area contributed by atoms with Gasteiger partial charge in [-0.15, -0.1) is 0 Å². The number of nitrogens with one attached hydrogen (secondary N) is 1. The Morgan fingerprint density at radius 2 is 1.50 bits per heavy atom. The zero-order valence-electron chi connectivity index (χ0n) is 16.4. The minimum Gasteiger partial charge on any atom is -0.494 e. The van der Waals surface area contributed by atoms with E-state index in [0.29, 0.717) is 17.9 Å². The van der Waals surface area contributed by atoms with Gasteiger partial charge in [0, 0.05) is 11.6 Å². The average Bonchev–Trinajstić information content (AvgIpc) is 2.71. The first-order chi connectivity index (χ1) is 13.6. The molecule has 0 aromatic heterocycles. The van der Waals surface area contributed by atoms with Crippen LogP contribution in [-0.4, -0.2) is 37.7 Å². The lowest BCUT2D eigenvalue weighted by Gasteiger charge is -2.14. The molecule has 0 spiro atoms. The van der Waals surface area contributed by atoms with Crippen LogP contribution in [0.4, 0.5) is 0 Å². The molecule has 1 atom stereocenters. The molecule has 0 fully saturated rings. The highest BCUT2D eigenvalue weighted by atomic mass is 16.6. The monoisotopic (exact) mass is 385 g/mol. The van der Waals surface area contributed by atoms with E-state index < -0.39 is 0 Å². The maximum Gasteiger partial charge on any atom is 0.307 e. The lowest BCUT2D eigenvalue weighted by atomic mass is 10.2. The molecule has 0 aliphatic rings. The van der Waals surface area contributed by atoms with Crippen LogP contribution >= 0.6 is 0 Å². The fraction of sp³-hybridized carbons (Fsp3) is 0.364. The summed E-state index contributed by atoms with van der Waals surface area (Å²) in [4.78, 5) is 23.9. The van der Waals surface area contributed by atoms with Crippen LogP contribution in [0.5, 0.6) is 11.5 Å². The third-order valence-electron chi connectivity index (χ3n) is 3.80. The van der Waals surface area contributed by atoms with Gasteiger partial charge in [-0.1, -0.05) is 25.1 Å². The molecule has 1 amide bonds. The second kappa shape index (κ2) is 11.6. The van der Waals surface area contributed by atoms with Gasteiger partial charge in [-0.3, -0.25) is 9.59 Å². The van der Waals surface area contributed by atoms with Crippen molar-refractivity contribution in [3.63, 3.8) is 0 Å². The van der Waals surface area contributed by atoms with Crippen molar-refractivity contribution in [3.8, 4) is 11.5 Å². The first kappa shape index (κ1) is 21.3. The summed E-state index contributed by atoms with van der Waals surface area (Å²) in [6, 6.07) is 15.9. The van der Waals surface area contributed by atoms with Gasteiger partial charge in [0.1, 0.15) is 24.7 Å². The molecular weight excluding hydrogens is 358 g/mol. The van der Waals surface area contributed by atoms with Crippen molar-refractivity contribution in [2.75, 3.05) is 19.8 Å². The number of ether oxygens (including phenoxy) is 3. The lowest BCUT2D eigenvalue weighted by molar-refractivity contribution is -0.144. The van der Waals surface area contributed by atoms with E-state index in [4.69, 9.17) is 14.2 Å². The van der Waals surface area contributed by atoms with Gasteiger partial charge in [0.05, 0.1) is 13.0 Å². The maximum absolute atomic E-state index is 12.0. The number of esters is 1. The van der Waals surface area contributed by atoms with Gasteiger partial charge in [0.25, 0.3) is 5.91 Å². The van der Waals surface area contributed by atoms with E-state index in [-0.39, 0.29) is 37.6 Å². The predicted molar refractivity (Wildman–Crippen MR) is 107 cm³/mol. The van der Waals surface area contributed by atoms with Crippen molar-refractivity contribution >= 4 is 11.9 Å². The molecule has 6 nitrogen and oxygen atoms in total. The van der Waals surface area contributed by atoms with Crippen molar-refractivity contribution in [3.05, 3.63) is 60.2 Å². The lowest BCUT2D eigenvalue weighted by Crippen LogP contribution is -2.34. The van der Waals surface area contributed by atoms with Crippen LogP contribution in [0.2, 0.25) is 0 Å². The average molecular weight is 385 g/mol. The standard InChI is InChI=1S/C22H27NO5/c1-3-13-26-19-9-11-20(12-10-19)27-14-15-28-21(24)16-17(2)23-22(25)18-7-5-4-6-8-18/h4-12,17H,3,13-16H2,1-2H3,(H,23,25). The number of benzene rings is 2. The van der Waals surface area contributed by atoms with Crippen LogP contribution in [0.25, 0.3) is 0 Å². The van der Waals surface area contributed by atoms with Gasteiger partial charge in [-0.25, -0.2) is 0 Å². The second-order valence-corrected chi connectivity index (χ2v) is 6.33. The Morgan fingerprint density at radius 3 is 2.11 bits per heavy atom. The molecule has 2 aromatic rings. The van der Waals surface area contributed by atoms with E-state index >= 15 is 0 Å². The number of carbonyl (C=O) groups is 2. The molecule has 0 heterocycles. The van der Waals surface area contributed by atoms with E-state index in [1.807, 2.05) is 30.3 Å². The summed E-state index contributed by atoms with van der Waals surface area (Å²) in [7, 11) is 0. The first-order valence-corrected chi connectivity index (χ1v) is 9.45. The summed E-state index contributed by atoms with van der Waals surface area (Å²) in [5, 5.41) is 2.78. The summed E-state index contributed by atoms with van der Waals surface area (Å²) in [5.74, 6) is 0.888. The second-order valence-electron chi connectivity index (χ2n) is 6.33. The quantitative estimate of drug-likeness (QED) is 0.472. The van der Waals surface area contributed by atoms with E-state index in [1.54, 1.807) is 31.2 Å². The van der Waals surface area contributed by atoms with Crippen molar-refractivity contribution < 1.29 is 23.8 Å². The molecule has 2 rings (SSSR count). The number of hydrogen-bond donors (Lipinski definition) is 1. The Morgan fingerprint density at radius 1 is 0.893 bits per heavy atom. The molecule has 6 heteroatoms. The Hall–Kier alpha value is -3.02. The fourth-order valence-corrected chi connectivity index (χ4v) is 2.42. The minimum absolute atomic E-state index is 0.0992. The Balaban J connectivity index is 1.62. The largest absolute Gasteiger partial charge is 0.494 e. The predicted octanol–water partition coefficient (Wildman–Crippen LogP) is 3.61. The smallest absolute Gasteiger partial charge is 0.307 e. The highest BCUT2D eigenvalue weighted by molar-refractivity contribution is 5.94. The van der Waals surface area contributed by atoms with E-state index in [1.165, 1.54) is 0 Å².